The first-order valence-electron chi connectivity index (χ1n) is 7.91. The van der Waals surface area contributed by atoms with E-state index in [1.807, 2.05) is 6.20 Å². The highest BCUT2D eigenvalue weighted by atomic mass is 15.2. The molecule has 0 saturated carbocycles. The van der Waals surface area contributed by atoms with Crippen molar-refractivity contribution in [2.45, 2.75) is 46.2 Å². The van der Waals surface area contributed by atoms with Gasteiger partial charge in [0.25, 0.3) is 0 Å². The quantitative estimate of drug-likeness (QED) is 0.798. The van der Waals surface area contributed by atoms with Gasteiger partial charge >= 0.3 is 0 Å². The van der Waals surface area contributed by atoms with E-state index in [1.54, 1.807) is 0 Å². The molecule has 4 heteroatoms. The molecule has 1 heterocycles. The van der Waals surface area contributed by atoms with Gasteiger partial charge in [0.15, 0.2) is 0 Å². The van der Waals surface area contributed by atoms with Gasteiger partial charge in [0, 0.05) is 31.4 Å². The molecule has 4 nitrogen and oxygen atoms in total. The Morgan fingerprint density at radius 2 is 1.86 bits per heavy atom. The molecule has 0 saturated heterocycles. The molecule has 120 valence electrons. The van der Waals surface area contributed by atoms with Crippen molar-refractivity contribution < 1.29 is 0 Å². The van der Waals surface area contributed by atoms with Crippen LogP contribution < -0.4 is 10.2 Å². The summed E-state index contributed by atoms with van der Waals surface area (Å²) >= 11 is 0. The number of rotatable bonds is 8. The lowest BCUT2D eigenvalue weighted by Gasteiger charge is -2.23. The fourth-order valence-electron chi connectivity index (χ4n) is 2.09. The molecule has 0 aromatic carbocycles. The summed E-state index contributed by atoms with van der Waals surface area (Å²) < 4.78 is 0. The predicted molar refractivity (Wildman–Crippen MR) is 91.9 cm³/mol. The summed E-state index contributed by atoms with van der Waals surface area (Å²) in [6.07, 6.45) is 3.15. The zero-order chi connectivity index (χ0) is 15.9. The SMILES string of the molecule is CCN(CCCN(C)C)c1ccc(CNC(C)(C)C)cn1. The van der Waals surface area contributed by atoms with Crippen molar-refractivity contribution in [2.75, 3.05) is 38.6 Å². The predicted octanol–water partition coefficient (Wildman–Crippen LogP) is 2.75. The largest absolute Gasteiger partial charge is 0.357 e. The molecular weight excluding hydrogens is 260 g/mol. The Labute approximate surface area is 130 Å². The van der Waals surface area contributed by atoms with E-state index < -0.39 is 0 Å². The number of anilines is 1. The van der Waals surface area contributed by atoms with E-state index in [4.69, 9.17) is 0 Å². The molecule has 0 unspecified atom stereocenters. The topological polar surface area (TPSA) is 31.4 Å². The number of aromatic nitrogens is 1. The van der Waals surface area contributed by atoms with Gasteiger partial charge in [-0.1, -0.05) is 6.07 Å². The Balaban J connectivity index is 2.54. The van der Waals surface area contributed by atoms with Crippen molar-refractivity contribution in [1.82, 2.24) is 15.2 Å². The van der Waals surface area contributed by atoms with Gasteiger partial charge in [-0.05, 0) is 66.4 Å². The molecule has 0 spiro atoms. The van der Waals surface area contributed by atoms with E-state index in [-0.39, 0.29) is 5.54 Å². The first-order valence-corrected chi connectivity index (χ1v) is 7.91. The second-order valence-electron chi connectivity index (χ2n) is 6.86. The highest BCUT2D eigenvalue weighted by molar-refractivity contribution is 5.39. The van der Waals surface area contributed by atoms with Gasteiger partial charge in [0.1, 0.15) is 5.82 Å². The lowest BCUT2D eigenvalue weighted by Crippen LogP contribution is -2.35. The van der Waals surface area contributed by atoms with Gasteiger partial charge in [-0.15, -0.1) is 0 Å². The molecule has 21 heavy (non-hydrogen) atoms. The Kier molecular flexibility index (Phi) is 7.12. The minimum absolute atomic E-state index is 0.139. The van der Waals surface area contributed by atoms with Crippen molar-refractivity contribution in [3.05, 3.63) is 23.9 Å². The number of nitrogens with one attached hydrogen (secondary N) is 1. The monoisotopic (exact) mass is 292 g/mol. The van der Waals surface area contributed by atoms with Crippen LogP contribution in [0.15, 0.2) is 18.3 Å². The fourth-order valence-corrected chi connectivity index (χ4v) is 2.09. The number of nitrogens with zero attached hydrogens (tertiary/aromatic N) is 3. The summed E-state index contributed by atoms with van der Waals surface area (Å²) in [5, 5.41) is 3.49. The molecular formula is C17H32N4. The van der Waals surface area contributed by atoms with E-state index in [2.05, 4.69) is 74.0 Å². The molecule has 0 aliphatic carbocycles. The maximum absolute atomic E-state index is 4.62. The standard InChI is InChI=1S/C17H32N4/c1-7-21(12-8-11-20(5)6)16-10-9-15(13-18-16)14-19-17(2,3)4/h9-10,13,19H,7-8,11-12,14H2,1-6H3. The summed E-state index contributed by atoms with van der Waals surface area (Å²) in [5.41, 5.74) is 1.37. The Hall–Kier alpha value is -1.13. The van der Waals surface area contributed by atoms with E-state index in [1.165, 1.54) is 5.56 Å². The van der Waals surface area contributed by atoms with Gasteiger partial charge in [-0.2, -0.15) is 0 Å². The third-order valence-corrected chi connectivity index (χ3v) is 3.37. The summed E-state index contributed by atoms with van der Waals surface area (Å²) in [6, 6.07) is 4.31. The van der Waals surface area contributed by atoms with Gasteiger partial charge in [0.05, 0.1) is 0 Å². The van der Waals surface area contributed by atoms with Crippen molar-refractivity contribution in [2.24, 2.45) is 0 Å². The molecule has 0 atom stereocenters. The van der Waals surface area contributed by atoms with Crippen LogP contribution in [0.25, 0.3) is 0 Å². The number of pyridine rings is 1. The van der Waals surface area contributed by atoms with Crippen LogP contribution in [0.2, 0.25) is 0 Å². The van der Waals surface area contributed by atoms with Gasteiger partial charge in [-0.3, -0.25) is 0 Å². The Morgan fingerprint density at radius 3 is 2.33 bits per heavy atom. The molecule has 1 aromatic heterocycles. The average molecular weight is 292 g/mol. The van der Waals surface area contributed by atoms with Crippen LogP contribution in [-0.4, -0.2) is 49.2 Å². The smallest absolute Gasteiger partial charge is 0.128 e. The zero-order valence-electron chi connectivity index (χ0n) is 14.6. The minimum atomic E-state index is 0.139. The Bertz CT molecular complexity index is 392. The van der Waals surface area contributed by atoms with Crippen molar-refractivity contribution in [3.63, 3.8) is 0 Å². The molecule has 0 aliphatic rings. The zero-order valence-corrected chi connectivity index (χ0v) is 14.6. The molecule has 0 fully saturated rings. The van der Waals surface area contributed by atoms with Crippen LogP contribution in [-0.2, 0) is 6.54 Å². The number of hydrogen-bond acceptors (Lipinski definition) is 4. The van der Waals surface area contributed by atoms with Crippen LogP contribution in [0.5, 0.6) is 0 Å². The molecule has 0 radical (unpaired) electrons. The van der Waals surface area contributed by atoms with E-state index >= 15 is 0 Å². The van der Waals surface area contributed by atoms with Crippen LogP contribution in [0.1, 0.15) is 39.7 Å². The van der Waals surface area contributed by atoms with Crippen LogP contribution in [0.3, 0.4) is 0 Å². The summed E-state index contributed by atoms with van der Waals surface area (Å²) in [5.74, 6) is 1.08. The van der Waals surface area contributed by atoms with Gasteiger partial charge in [-0.25, -0.2) is 4.98 Å². The Morgan fingerprint density at radius 1 is 1.14 bits per heavy atom. The number of hydrogen-bond donors (Lipinski definition) is 1. The average Bonchev–Trinajstić information content (AvgIpc) is 2.41. The molecule has 0 amide bonds. The first-order chi connectivity index (χ1) is 9.81. The second-order valence-corrected chi connectivity index (χ2v) is 6.86. The first kappa shape index (κ1) is 17.9. The van der Waals surface area contributed by atoms with Gasteiger partial charge in [0.2, 0.25) is 0 Å². The third kappa shape index (κ3) is 7.44. The van der Waals surface area contributed by atoms with Crippen LogP contribution in [0, 0.1) is 0 Å². The molecule has 0 bridgehead atoms. The fraction of sp³-hybridized carbons (Fsp3) is 0.706. The summed E-state index contributed by atoms with van der Waals surface area (Å²) in [6.45, 7) is 12.8. The van der Waals surface area contributed by atoms with Crippen molar-refractivity contribution in [1.29, 1.82) is 0 Å². The highest BCUT2D eigenvalue weighted by Crippen LogP contribution is 2.12. The normalized spacial score (nSPS) is 12.0. The second kappa shape index (κ2) is 8.35. The highest BCUT2D eigenvalue weighted by Gasteiger charge is 2.09. The van der Waals surface area contributed by atoms with Crippen LogP contribution in [0.4, 0.5) is 5.82 Å². The van der Waals surface area contributed by atoms with E-state index in [9.17, 15) is 0 Å². The lowest BCUT2D eigenvalue weighted by molar-refractivity contribution is 0.400. The van der Waals surface area contributed by atoms with E-state index in [0.717, 1.165) is 38.4 Å². The van der Waals surface area contributed by atoms with E-state index in [0.29, 0.717) is 0 Å². The molecule has 1 rings (SSSR count). The van der Waals surface area contributed by atoms with Crippen LogP contribution >= 0.6 is 0 Å². The van der Waals surface area contributed by atoms with Gasteiger partial charge < -0.3 is 15.1 Å². The summed E-state index contributed by atoms with van der Waals surface area (Å²) in [4.78, 5) is 9.18. The maximum atomic E-state index is 4.62. The molecule has 1 N–H and O–H groups in total. The third-order valence-electron chi connectivity index (χ3n) is 3.37. The minimum Gasteiger partial charge on any atom is -0.357 e. The molecule has 1 aromatic rings. The van der Waals surface area contributed by atoms with Crippen molar-refractivity contribution >= 4 is 5.82 Å². The lowest BCUT2D eigenvalue weighted by atomic mass is 10.1. The van der Waals surface area contributed by atoms with Crippen molar-refractivity contribution in [3.8, 4) is 0 Å². The molecule has 0 aliphatic heterocycles. The maximum Gasteiger partial charge on any atom is 0.128 e. The summed E-state index contributed by atoms with van der Waals surface area (Å²) in [7, 11) is 4.23.